The Hall–Kier alpha value is 0.667. The van der Waals surface area contributed by atoms with Crippen LogP contribution in [-0.4, -0.2) is 41.7 Å². The van der Waals surface area contributed by atoms with Crippen molar-refractivity contribution in [1.82, 2.24) is 4.98 Å². The third-order valence-electron chi connectivity index (χ3n) is 3.56. The van der Waals surface area contributed by atoms with Crippen LogP contribution in [0.4, 0.5) is 0 Å². The van der Waals surface area contributed by atoms with Crippen LogP contribution in [0.1, 0.15) is 0 Å². The molecule has 106 valence electrons. The molecule has 3 rings (SSSR count). The molecule has 20 heavy (non-hydrogen) atoms. The van der Waals surface area contributed by atoms with Crippen molar-refractivity contribution in [3.63, 3.8) is 0 Å². The average molecular weight is 517 g/mol. The molecule has 0 unspecified atom stereocenters. The third-order valence-corrected chi connectivity index (χ3v) is 23.2. The maximum absolute atomic E-state index is 4.89. The van der Waals surface area contributed by atoms with E-state index in [0.29, 0.717) is 0 Å². The number of pyridine rings is 1. The van der Waals surface area contributed by atoms with Crippen LogP contribution in [-0.2, 0) is 0 Å². The normalized spacial score (nSPS) is 13.5. The van der Waals surface area contributed by atoms with Crippen LogP contribution in [0.25, 0.3) is 20.3 Å². The number of thiophene rings is 2. The summed E-state index contributed by atoms with van der Waals surface area (Å²) in [7, 11) is 0. The number of hydrogen-bond donors (Lipinski definition) is 0. The van der Waals surface area contributed by atoms with Gasteiger partial charge in [-0.15, -0.1) is 0 Å². The summed E-state index contributed by atoms with van der Waals surface area (Å²) >= 11 is -0.339. The van der Waals surface area contributed by atoms with Gasteiger partial charge in [-0.3, -0.25) is 0 Å². The fraction of sp³-hybridized carbons (Fsp3) is 0.400. The van der Waals surface area contributed by atoms with Gasteiger partial charge in [0, 0.05) is 0 Å². The molecule has 5 heteroatoms. The van der Waals surface area contributed by atoms with E-state index in [0.717, 1.165) is 0 Å². The molecule has 0 saturated carbocycles. The molecule has 0 amide bonds. The minimum absolute atomic E-state index is 1.34. The van der Waals surface area contributed by atoms with Crippen LogP contribution in [0.3, 0.4) is 0 Å². The SMILES string of the molecule is [CH3][Sn]([CH3])([CH3])[c]1sc2c(ncc3sccc32)[c]1[Sn]([CH3])([CH3])[CH3]. The van der Waals surface area contributed by atoms with Gasteiger partial charge >= 0.3 is 138 Å². The van der Waals surface area contributed by atoms with E-state index in [4.69, 9.17) is 4.98 Å². The summed E-state index contributed by atoms with van der Waals surface area (Å²) in [5.41, 5.74) is 1.35. The number of hydrogen-bond acceptors (Lipinski definition) is 3. The first-order valence-corrected chi connectivity index (χ1v) is 28.7. The Morgan fingerprint density at radius 1 is 1.00 bits per heavy atom. The number of nitrogens with zero attached hydrogens (tertiary/aromatic N) is 1. The van der Waals surface area contributed by atoms with Gasteiger partial charge in [0.15, 0.2) is 0 Å². The van der Waals surface area contributed by atoms with Crippen molar-refractivity contribution < 1.29 is 0 Å². The number of rotatable bonds is 2. The zero-order valence-electron chi connectivity index (χ0n) is 13.0. The van der Waals surface area contributed by atoms with Crippen molar-refractivity contribution in [3.8, 4) is 0 Å². The monoisotopic (exact) mass is 519 g/mol. The van der Waals surface area contributed by atoms with Crippen molar-refractivity contribution in [2.24, 2.45) is 0 Å². The summed E-state index contributed by atoms with van der Waals surface area (Å²) in [6, 6.07) is 2.28. The Kier molecular flexibility index (Phi) is 3.97. The zero-order chi connectivity index (χ0) is 14.7. The summed E-state index contributed by atoms with van der Waals surface area (Å²) in [6.45, 7) is 0. The van der Waals surface area contributed by atoms with Gasteiger partial charge in [0.1, 0.15) is 0 Å². The van der Waals surface area contributed by atoms with Gasteiger partial charge in [-0.2, -0.15) is 0 Å². The van der Waals surface area contributed by atoms with Crippen molar-refractivity contribution in [1.29, 1.82) is 0 Å². The molecule has 0 aliphatic rings. The molecule has 3 aromatic rings. The molecule has 0 fully saturated rings. The van der Waals surface area contributed by atoms with Gasteiger partial charge in [-0.05, 0) is 0 Å². The molecule has 0 bridgehead atoms. The Labute approximate surface area is 137 Å². The molecule has 0 N–H and O–H groups in total. The first kappa shape index (κ1) is 15.6. The Morgan fingerprint density at radius 2 is 1.70 bits per heavy atom. The van der Waals surface area contributed by atoms with Gasteiger partial charge < -0.3 is 0 Å². The van der Waals surface area contributed by atoms with E-state index >= 15 is 0 Å². The molecule has 0 aliphatic carbocycles. The molecule has 0 saturated heterocycles. The molecule has 0 spiro atoms. The third kappa shape index (κ3) is 2.56. The van der Waals surface area contributed by atoms with Crippen molar-refractivity contribution in [3.05, 3.63) is 17.6 Å². The topological polar surface area (TPSA) is 12.9 Å². The summed E-state index contributed by atoms with van der Waals surface area (Å²) in [5.74, 6) is 0. The van der Waals surface area contributed by atoms with Crippen LogP contribution in [0.2, 0.25) is 29.6 Å². The fourth-order valence-corrected chi connectivity index (χ4v) is 32.4. The summed E-state index contributed by atoms with van der Waals surface area (Å²) in [5, 5.41) is 3.63. The Balaban J connectivity index is 2.49. The van der Waals surface area contributed by atoms with Crippen LogP contribution in [0, 0.1) is 0 Å². The quantitative estimate of drug-likeness (QED) is 0.454. The molecule has 0 aromatic carbocycles. The predicted molar refractivity (Wildman–Crippen MR) is 101 cm³/mol. The maximum atomic E-state index is 4.89. The van der Waals surface area contributed by atoms with Crippen LogP contribution < -0.4 is 6.47 Å². The van der Waals surface area contributed by atoms with Crippen LogP contribution in [0.15, 0.2) is 17.6 Å². The Bertz CT molecular complexity index is 788. The van der Waals surface area contributed by atoms with Gasteiger partial charge in [-0.1, -0.05) is 0 Å². The molecular formula is C15H21NS2Sn2. The van der Waals surface area contributed by atoms with Crippen LogP contribution in [0.5, 0.6) is 0 Å². The minimum atomic E-state index is -2.15. The first-order chi connectivity index (χ1) is 9.19. The van der Waals surface area contributed by atoms with Gasteiger partial charge in [-0.25, -0.2) is 0 Å². The predicted octanol–water partition coefficient (Wildman–Crippen LogP) is 4.60. The van der Waals surface area contributed by atoms with Crippen molar-refractivity contribution in [2.45, 2.75) is 29.6 Å². The molecule has 1 nitrogen and oxygen atoms in total. The van der Waals surface area contributed by atoms with Crippen LogP contribution >= 0.6 is 22.7 Å². The zero-order valence-corrected chi connectivity index (χ0v) is 20.3. The Morgan fingerprint density at radius 3 is 2.30 bits per heavy atom. The second-order valence-electron chi connectivity index (χ2n) is 7.44. The molecular weight excluding hydrogens is 496 g/mol. The molecule has 0 atom stereocenters. The molecule has 3 aromatic heterocycles. The van der Waals surface area contributed by atoms with Gasteiger partial charge in [0.05, 0.1) is 0 Å². The standard InChI is InChI=1S/C9H3NS2.6CH3.2Sn/c1-3-11-8-5-10-7-2-4-12-9(7)6(1)8;;;;;;;;/h1,3,5H;6*1H3;;. The van der Waals surface area contributed by atoms with Crippen molar-refractivity contribution >= 4 is 86.2 Å². The first-order valence-electron chi connectivity index (χ1n) is 6.99. The van der Waals surface area contributed by atoms with E-state index in [1.807, 2.05) is 11.3 Å². The van der Waals surface area contributed by atoms with Gasteiger partial charge in [0.2, 0.25) is 0 Å². The fourth-order valence-electron chi connectivity index (χ4n) is 2.68. The molecule has 0 radical (unpaired) electrons. The summed E-state index contributed by atoms with van der Waals surface area (Å²) in [4.78, 5) is 20.1. The van der Waals surface area contributed by atoms with E-state index in [2.05, 4.69) is 58.6 Å². The molecule has 0 aliphatic heterocycles. The van der Waals surface area contributed by atoms with E-state index in [9.17, 15) is 0 Å². The van der Waals surface area contributed by atoms with E-state index in [-0.39, 0.29) is 0 Å². The number of fused-ring (bicyclic) bond motifs is 3. The van der Waals surface area contributed by atoms with Gasteiger partial charge in [0.25, 0.3) is 0 Å². The second-order valence-corrected chi connectivity index (χ2v) is 39.0. The van der Waals surface area contributed by atoms with E-state index in [1.165, 1.54) is 20.3 Å². The summed E-state index contributed by atoms with van der Waals surface area (Å²) < 4.78 is 6.32. The number of aromatic nitrogens is 1. The average Bonchev–Trinajstić information content (AvgIpc) is 2.89. The second kappa shape index (κ2) is 5.10. The van der Waals surface area contributed by atoms with E-state index < -0.39 is 36.8 Å². The molecule has 3 heterocycles. The van der Waals surface area contributed by atoms with Crippen molar-refractivity contribution in [2.75, 3.05) is 0 Å². The van der Waals surface area contributed by atoms with E-state index in [1.54, 1.807) is 6.47 Å². The summed E-state index contributed by atoms with van der Waals surface area (Å²) in [6.07, 6.45) is 2.10.